The van der Waals surface area contributed by atoms with Gasteiger partial charge in [-0.15, -0.1) is 0 Å². The molecule has 0 amide bonds. The summed E-state index contributed by atoms with van der Waals surface area (Å²) in [6.45, 7) is 1.80. The van der Waals surface area contributed by atoms with Crippen LogP contribution >= 0.6 is 11.6 Å². The highest BCUT2D eigenvalue weighted by molar-refractivity contribution is 6.33. The average Bonchev–Trinajstić information content (AvgIpc) is 2.71. The number of nitrogens with two attached hydrogens (primary N) is 1. The molecule has 108 valence electrons. The maximum absolute atomic E-state index is 9.90. The molecular formula is C12H16ClN5O2. The number of halogens is 1. The second kappa shape index (κ2) is 4.83. The molecule has 20 heavy (non-hydrogen) atoms. The molecule has 0 aromatic carbocycles. The Morgan fingerprint density at radius 1 is 1.55 bits per heavy atom. The third kappa shape index (κ3) is 1.93. The Morgan fingerprint density at radius 3 is 2.95 bits per heavy atom. The monoisotopic (exact) mass is 297 g/mol. The second-order valence-corrected chi connectivity index (χ2v) is 5.62. The molecule has 0 bridgehead atoms. The van der Waals surface area contributed by atoms with E-state index in [1.165, 1.54) is 0 Å². The first kappa shape index (κ1) is 13.5. The van der Waals surface area contributed by atoms with Crippen LogP contribution in [0.15, 0.2) is 6.33 Å². The van der Waals surface area contributed by atoms with Gasteiger partial charge in [-0.05, 0) is 19.3 Å². The van der Waals surface area contributed by atoms with Crippen molar-refractivity contribution in [3.8, 4) is 0 Å². The first-order chi connectivity index (χ1) is 9.52. The van der Waals surface area contributed by atoms with Crippen LogP contribution in [0.1, 0.15) is 19.4 Å². The van der Waals surface area contributed by atoms with E-state index in [2.05, 4.69) is 15.0 Å². The molecule has 4 unspecified atom stereocenters. The summed E-state index contributed by atoms with van der Waals surface area (Å²) in [5.74, 6) is 0.148. The van der Waals surface area contributed by atoms with Crippen molar-refractivity contribution in [2.24, 2.45) is 11.8 Å². The molecule has 0 aliphatic heterocycles. The SMILES string of the molecule is CC(O)C1C(CO)CC1n1cnc2c(Cl)nc(N)nc21. The Labute approximate surface area is 120 Å². The summed E-state index contributed by atoms with van der Waals surface area (Å²) in [5, 5.41) is 19.4. The van der Waals surface area contributed by atoms with E-state index in [9.17, 15) is 10.2 Å². The molecule has 1 fully saturated rings. The van der Waals surface area contributed by atoms with Crippen LogP contribution in [0.2, 0.25) is 5.15 Å². The number of hydrogen-bond donors (Lipinski definition) is 3. The van der Waals surface area contributed by atoms with Crippen LogP contribution in [0.5, 0.6) is 0 Å². The summed E-state index contributed by atoms with van der Waals surface area (Å²) in [7, 11) is 0. The number of aliphatic hydroxyl groups excluding tert-OH is 2. The second-order valence-electron chi connectivity index (χ2n) is 5.26. The van der Waals surface area contributed by atoms with Crippen molar-refractivity contribution in [1.82, 2.24) is 19.5 Å². The van der Waals surface area contributed by atoms with Gasteiger partial charge in [0.25, 0.3) is 0 Å². The summed E-state index contributed by atoms with van der Waals surface area (Å²) >= 11 is 6.00. The number of aromatic nitrogens is 4. The van der Waals surface area contributed by atoms with Crippen LogP contribution in [0.25, 0.3) is 11.2 Å². The number of imidazole rings is 1. The molecule has 0 radical (unpaired) electrons. The van der Waals surface area contributed by atoms with Gasteiger partial charge in [-0.3, -0.25) is 0 Å². The highest BCUT2D eigenvalue weighted by Crippen LogP contribution is 2.46. The smallest absolute Gasteiger partial charge is 0.223 e. The van der Waals surface area contributed by atoms with Gasteiger partial charge >= 0.3 is 0 Å². The third-order valence-electron chi connectivity index (χ3n) is 4.08. The van der Waals surface area contributed by atoms with Gasteiger partial charge in [-0.25, -0.2) is 4.98 Å². The fraction of sp³-hybridized carbons (Fsp3) is 0.583. The van der Waals surface area contributed by atoms with Gasteiger partial charge in [0.2, 0.25) is 5.95 Å². The molecular weight excluding hydrogens is 282 g/mol. The Hall–Kier alpha value is -1.44. The van der Waals surface area contributed by atoms with E-state index < -0.39 is 6.10 Å². The molecule has 1 aliphatic carbocycles. The molecule has 2 aromatic rings. The van der Waals surface area contributed by atoms with Crippen LogP contribution in [0.3, 0.4) is 0 Å². The van der Waals surface area contributed by atoms with Gasteiger partial charge in [0, 0.05) is 18.6 Å². The third-order valence-corrected chi connectivity index (χ3v) is 4.34. The standard InChI is InChI=1S/C12H16ClN5O2/c1-5(20)8-6(3-19)2-7(8)18-4-15-9-10(13)16-12(14)17-11(9)18/h4-8,19-20H,2-3H2,1H3,(H2,14,16,17). The maximum atomic E-state index is 9.90. The summed E-state index contributed by atoms with van der Waals surface area (Å²) < 4.78 is 1.86. The zero-order valence-corrected chi connectivity index (χ0v) is 11.7. The highest BCUT2D eigenvalue weighted by atomic mass is 35.5. The molecule has 4 N–H and O–H groups in total. The lowest BCUT2D eigenvalue weighted by atomic mass is 9.67. The van der Waals surface area contributed by atoms with E-state index >= 15 is 0 Å². The fourth-order valence-corrected chi connectivity index (χ4v) is 3.31. The van der Waals surface area contributed by atoms with Crippen LogP contribution in [-0.4, -0.2) is 42.4 Å². The molecule has 8 heteroatoms. The van der Waals surface area contributed by atoms with Crippen LogP contribution in [0.4, 0.5) is 5.95 Å². The van der Waals surface area contributed by atoms with Crippen LogP contribution in [-0.2, 0) is 0 Å². The van der Waals surface area contributed by atoms with Crippen molar-refractivity contribution in [3.63, 3.8) is 0 Å². The van der Waals surface area contributed by atoms with Crippen molar-refractivity contribution < 1.29 is 10.2 Å². The van der Waals surface area contributed by atoms with E-state index in [1.54, 1.807) is 13.3 Å². The van der Waals surface area contributed by atoms with E-state index in [0.29, 0.717) is 11.2 Å². The van der Waals surface area contributed by atoms with Gasteiger partial charge in [0.05, 0.1) is 12.4 Å². The zero-order valence-electron chi connectivity index (χ0n) is 10.9. The molecule has 2 heterocycles. The van der Waals surface area contributed by atoms with Crippen molar-refractivity contribution in [3.05, 3.63) is 11.5 Å². The van der Waals surface area contributed by atoms with Crippen molar-refractivity contribution in [2.45, 2.75) is 25.5 Å². The fourth-order valence-electron chi connectivity index (χ4n) is 3.09. The number of anilines is 1. The van der Waals surface area contributed by atoms with Crippen molar-refractivity contribution >= 4 is 28.7 Å². The van der Waals surface area contributed by atoms with E-state index in [4.69, 9.17) is 17.3 Å². The van der Waals surface area contributed by atoms with Gasteiger partial charge in [0.15, 0.2) is 10.8 Å². The molecule has 0 spiro atoms. The molecule has 3 rings (SSSR count). The van der Waals surface area contributed by atoms with E-state index in [-0.39, 0.29) is 35.6 Å². The minimum atomic E-state index is -0.516. The van der Waals surface area contributed by atoms with Gasteiger partial charge in [-0.1, -0.05) is 11.6 Å². The first-order valence-corrected chi connectivity index (χ1v) is 6.85. The number of nitrogen functional groups attached to an aromatic ring is 1. The largest absolute Gasteiger partial charge is 0.396 e. The summed E-state index contributed by atoms with van der Waals surface area (Å²) in [4.78, 5) is 12.3. The number of rotatable bonds is 3. The number of nitrogens with zero attached hydrogens (tertiary/aromatic N) is 4. The molecule has 4 atom stereocenters. The molecule has 0 saturated heterocycles. The minimum absolute atomic E-state index is 0.0301. The predicted molar refractivity (Wildman–Crippen MR) is 74.1 cm³/mol. The van der Waals surface area contributed by atoms with E-state index in [0.717, 1.165) is 6.42 Å². The quantitative estimate of drug-likeness (QED) is 0.716. The Morgan fingerprint density at radius 2 is 2.30 bits per heavy atom. The summed E-state index contributed by atoms with van der Waals surface area (Å²) in [6.07, 6.45) is 1.88. The van der Waals surface area contributed by atoms with Crippen LogP contribution in [0, 0.1) is 11.8 Å². The number of aliphatic hydroxyl groups is 2. The van der Waals surface area contributed by atoms with Crippen LogP contribution < -0.4 is 5.73 Å². The molecule has 7 nitrogen and oxygen atoms in total. The van der Waals surface area contributed by atoms with E-state index in [1.807, 2.05) is 4.57 Å². The molecule has 1 saturated carbocycles. The topological polar surface area (TPSA) is 110 Å². The first-order valence-electron chi connectivity index (χ1n) is 6.47. The molecule has 1 aliphatic rings. The van der Waals surface area contributed by atoms with Gasteiger partial charge in [0.1, 0.15) is 5.52 Å². The lowest BCUT2D eigenvalue weighted by Gasteiger charge is -2.46. The van der Waals surface area contributed by atoms with Crippen molar-refractivity contribution in [1.29, 1.82) is 0 Å². The maximum Gasteiger partial charge on any atom is 0.223 e. The number of hydrogen-bond acceptors (Lipinski definition) is 6. The summed E-state index contributed by atoms with van der Waals surface area (Å²) in [6, 6.07) is 0.0301. The summed E-state index contributed by atoms with van der Waals surface area (Å²) in [5.41, 5.74) is 6.69. The Balaban J connectivity index is 2.03. The Bertz CT molecular complexity index is 644. The minimum Gasteiger partial charge on any atom is -0.396 e. The van der Waals surface area contributed by atoms with Gasteiger partial charge in [-0.2, -0.15) is 9.97 Å². The van der Waals surface area contributed by atoms with Crippen molar-refractivity contribution in [2.75, 3.05) is 12.3 Å². The predicted octanol–water partition coefficient (Wildman–Crippen LogP) is 0.612. The van der Waals surface area contributed by atoms with Gasteiger partial charge < -0.3 is 20.5 Å². The molecule has 2 aromatic heterocycles. The lowest BCUT2D eigenvalue weighted by Crippen LogP contribution is -2.46. The zero-order chi connectivity index (χ0) is 14.4. The lowest BCUT2D eigenvalue weighted by molar-refractivity contribution is -0.0464. The normalized spacial score (nSPS) is 27.5. The Kier molecular flexibility index (Phi) is 3.27. The average molecular weight is 298 g/mol. The number of fused-ring (bicyclic) bond motifs is 1. The highest BCUT2D eigenvalue weighted by Gasteiger charge is 2.45.